The van der Waals surface area contributed by atoms with Crippen molar-refractivity contribution in [2.75, 3.05) is 12.4 Å². The molecule has 1 aliphatic heterocycles. The number of rotatable bonds is 5. The van der Waals surface area contributed by atoms with Crippen LogP contribution in [-0.4, -0.2) is 36.0 Å². The van der Waals surface area contributed by atoms with Crippen molar-refractivity contribution < 1.29 is 27.8 Å². The van der Waals surface area contributed by atoms with Gasteiger partial charge in [0.2, 0.25) is 5.82 Å². The average molecular weight is 404 g/mol. The van der Waals surface area contributed by atoms with E-state index in [9.17, 15) is 18.4 Å². The Morgan fingerprint density at radius 3 is 2.59 bits per heavy atom. The molecule has 6 nitrogen and oxygen atoms in total. The van der Waals surface area contributed by atoms with Gasteiger partial charge in [0.15, 0.2) is 17.3 Å². The summed E-state index contributed by atoms with van der Waals surface area (Å²) in [4.78, 5) is 28.4. The first-order valence-electron chi connectivity index (χ1n) is 9.19. The lowest BCUT2D eigenvalue weighted by molar-refractivity contribution is -0.127. The highest BCUT2D eigenvalue weighted by Gasteiger charge is 2.46. The van der Waals surface area contributed by atoms with Crippen molar-refractivity contribution in [1.29, 1.82) is 0 Å². The van der Waals surface area contributed by atoms with E-state index in [1.54, 1.807) is 6.07 Å². The van der Waals surface area contributed by atoms with Crippen molar-refractivity contribution in [3.63, 3.8) is 0 Å². The van der Waals surface area contributed by atoms with Gasteiger partial charge >= 0.3 is 0 Å². The third kappa shape index (κ3) is 3.98. The Labute approximate surface area is 167 Å². The third-order valence-corrected chi connectivity index (χ3v) is 5.28. The summed E-state index contributed by atoms with van der Waals surface area (Å²) in [5, 5.41) is 2.72. The van der Waals surface area contributed by atoms with Gasteiger partial charge in [-0.2, -0.15) is 4.39 Å². The maximum Gasteiger partial charge on any atom is 0.254 e. The number of ketones is 1. The fourth-order valence-corrected chi connectivity index (χ4v) is 3.61. The number of benzene rings is 1. The minimum atomic E-state index is -1.10. The highest BCUT2D eigenvalue weighted by atomic mass is 19.2. The van der Waals surface area contributed by atoms with E-state index in [1.807, 2.05) is 13.8 Å². The molecule has 2 aromatic rings. The molecule has 0 radical (unpaired) electrons. The number of pyridine rings is 1. The first kappa shape index (κ1) is 20.9. The molecule has 1 aliphatic rings. The number of Topliss-reactive ketones (excluding diaryl/α,β-unsaturated/α-hetero) is 1. The van der Waals surface area contributed by atoms with Gasteiger partial charge in [-0.05, 0) is 31.0 Å². The van der Waals surface area contributed by atoms with Gasteiger partial charge < -0.3 is 14.8 Å². The molecule has 0 saturated carbocycles. The van der Waals surface area contributed by atoms with Crippen LogP contribution in [0.25, 0.3) is 0 Å². The summed E-state index contributed by atoms with van der Waals surface area (Å²) in [6, 6.07) is 5.45. The van der Waals surface area contributed by atoms with E-state index in [2.05, 4.69) is 10.3 Å². The second-order valence-corrected chi connectivity index (χ2v) is 7.11. The zero-order valence-electron chi connectivity index (χ0n) is 16.5. The van der Waals surface area contributed by atoms with Crippen molar-refractivity contribution in [3.8, 4) is 5.75 Å². The normalized spacial score (nSPS) is 23.7. The van der Waals surface area contributed by atoms with Gasteiger partial charge in [0.25, 0.3) is 5.91 Å². The highest BCUT2D eigenvalue weighted by Crippen LogP contribution is 2.44. The van der Waals surface area contributed by atoms with E-state index in [0.29, 0.717) is 11.3 Å². The van der Waals surface area contributed by atoms with Gasteiger partial charge in [-0.25, -0.2) is 4.39 Å². The second-order valence-electron chi connectivity index (χ2n) is 7.11. The van der Waals surface area contributed by atoms with Crippen LogP contribution in [-0.2, 0) is 9.53 Å². The van der Waals surface area contributed by atoms with Crippen LogP contribution >= 0.6 is 0 Å². The van der Waals surface area contributed by atoms with E-state index in [1.165, 1.54) is 32.4 Å². The Kier molecular flexibility index (Phi) is 5.93. The van der Waals surface area contributed by atoms with E-state index >= 15 is 0 Å². The minimum Gasteiger partial charge on any atom is -0.493 e. The molecule has 1 aromatic carbocycles. The predicted octanol–water partition coefficient (Wildman–Crippen LogP) is 3.72. The van der Waals surface area contributed by atoms with Crippen molar-refractivity contribution in [2.45, 2.75) is 38.9 Å². The maximum absolute atomic E-state index is 14.3. The van der Waals surface area contributed by atoms with Crippen molar-refractivity contribution >= 4 is 17.4 Å². The van der Waals surface area contributed by atoms with Gasteiger partial charge in [-0.15, -0.1) is 0 Å². The second kappa shape index (κ2) is 8.24. The van der Waals surface area contributed by atoms with Gasteiger partial charge in [0.05, 0.1) is 13.2 Å². The number of amides is 1. The lowest BCUT2D eigenvalue weighted by Gasteiger charge is -2.23. The number of carbonyl (C=O) groups excluding carboxylic acids is 2. The van der Waals surface area contributed by atoms with E-state index in [-0.39, 0.29) is 29.2 Å². The van der Waals surface area contributed by atoms with Gasteiger partial charge in [0, 0.05) is 30.3 Å². The molecule has 29 heavy (non-hydrogen) atoms. The molecule has 0 aliphatic carbocycles. The number of aromatic nitrogens is 1. The number of halogens is 2. The molecule has 154 valence electrons. The van der Waals surface area contributed by atoms with E-state index < -0.39 is 29.6 Å². The third-order valence-electron chi connectivity index (χ3n) is 5.28. The van der Waals surface area contributed by atoms with Crippen molar-refractivity contribution in [3.05, 3.63) is 53.4 Å². The fraction of sp³-hybridized carbons (Fsp3) is 0.381. The van der Waals surface area contributed by atoms with Gasteiger partial charge in [0.1, 0.15) is 11.8 Å². The minimum absolute atomic E-state index is 0.158. The summed E-state index contributed by atoms with van der Waals surface area (Å²) in [6.07, 6.45) is 0.176. The number of carbonyl (C=O) groups is 2. The van der Waals surface area contributed by atoms with Crippen molar-refractivity contribution in [1.82, 2.24) is 4.98 Å². The van der Waals surface area contributed by atoms with E-state index in [4.69, 9.17) is 9.47 Å². The molecule has 1 aromatic heterocycles. The molecular weight excluding hydrogens is 382 g/mol. The van der Waals surface area contributed by atoms with Crippen LogP contribution in [0.3, 0.4) is 0 Å². The number of nitrogens with zero attached hydrogens (tertiary/aromatic N) is 1. The molecule has 1 N–H and O–H groups in total. The van der Waals surface area contributed by atoms with Crippen LogP contribution in [0.15, 0.2) is 30.5 Å². The van der Waals surface area contributed by atoms with Crippen LogP contribution in [0.5, 0.6) is 5.75 Å². The van der Waals surface area contributed by atoms with E-state index in [0.717, 1.165) is 6.07 Å². The smallest absolute Gasteiger partial charge is 0.254 e. The van der Waals surface area contributed by atoms with Crippen LogP contribution in [0.4, 0.5) is 14.5 Å². The highest BCUT2D eigenvalue weighted by molar-refractivity contribution is 5.97. The topological polar surface area (TPSA) is 77.5 Å². The lowest BCUT2D eigenvalue weighted by Crippen LogP contribution is -2.33. The van der Waals surface area contributed by atoms with Gasteiger partial charge in [-0.3, -0.25) is 14.6 Å². The lowest BCUT2D eigenvalue weighted by atomic mass is 9.82. The number of ether oxygens (including phenoxy) is 2. The summed E-state index contributed by atoms with van der Waals surface area (Å²) in [5.74, 6) is -3.77. The average Bonchev–Trinajstić information content (AvgIpc) is 2.99. The summed E-state index contributed by atoms with van der Waals surface area (Å²) >= 11 is 0. The van der Waals surface area contributed by atoms with Gasteiger partial charge in [-0.1, -0.05) is 13.0 Å². The number of hydrogen-bond acceptors (Lipinski definition) is 5. The Morgan fingerprint density at radius 2 is 1.93 bits per heavy atom. The molecule has 0 spiro atoms. The van der Waals surface area contributed by atoms with Crippen molar-refractivity contribution in [2.24, 2.45) is 5.92 Å². The maximum atomic E-state index is 14.3. The molecular formula is C21H22F2N2O4. The Hall–Kier alpha value is -2.87. The summed E-state index contributed by atoms with van der Waals surface area (Å²) in [7, 11) is 1.25. The first-order chi connectivity index (χ1) is 13.7. The Bertz CT molecular complexity index is 950. The summed E-state index contributed by atoms with van der Waals surface area (Å²) in [6.45, 7) is 5.07. The molecule has 0 unspecified atom stereocenters. The Balaban J connectivity index is 1.94. The predicted molar refractivity (Wildman–Crippen MR) is 102 cm³/mol. The number of methoxy groups -OCH3 is 1. The molecule has 1 fully saturated rings. The molecule has 8 heteroatoms. The molecule has 3 rings (SSSR count). The Morgan fingerprint density at radius 1 is 1.21 bits per heavy atom. The largest absolute Gasteiger partial charge is 0.493 e. The SMILES string of the molecule is COc1c([C@@H]2[C@H](C)[C@@H](C)O[C@@H]2C(=O)Nc2ccnc(C(C)=O)c2)ccc(F)c1F. The standard InChI is InChI=1S/C21H22F2N2O4/c1-10-12(3)29-20(17(10)14-5-6-15(22)18(23)19(14)28-4)21(27)25-13-7-8-24-16(9-13)11(2)26/h5-10,12,17,20H,1-4H3,(H,24,25,27)/t10-,12-,17+,20+/m1/s1. The van der Waals surface area contributed by atoms with Crippen LogP contribution in [0.2, 0.25) is 0 Å². The molecule has 0 bridgehead atoms. The molecule has 1 saturated heterocycles. The molecule has 4 atom stereocenters. The summed E-state index contributed by atoms with van der Waals surface area (Å²) < 4.78 is 38.9. The zero-order chi connectivity index (χ0) is 21.3. The number of hydrogen-bond donors (Lipinski definition) is 1. The van der Waals surface area contributed by atoms with Crippen LogP contribution in [0.1, 0.15) is 42.7 Å². The summed E-state index contributed by atoms with van der Waals surface area (Å²) in [5.41, 5.74) is 0.972. The number of anilines is 1. The molecule has 1 amide bonds. The number of nitrogens with one attached hydrogen (secondary N) is 1. The van der Waals surface area contributed by atoms with Crippen LogP contribution in [0, 0.1) is 17.6 Å². The first-order valence-corrected chi connectivity index (χ1v) is 9.19. The zero-order valence-corrected chi connectivity index (χ0v) is 16.5. The quantitative estimate of drug-likeness (QED) is 0.769. The molecule has 2 heterocycles. The van der Waals surface area contributed by atoms with Crippen LogP contribution < -0.4 is 10.1 Å². The monoisotopic (exact) mass is 404 g/mol. The fourth-order valence-electron chi connectivity index (χ4n) is 3.61.